The summed E-state index contributed by atoms with van der Waals surface area (Å²) in [5, 5.41) is 9.53. The average Bonchev–Trinajstić information content (AvgIpc) is 2.54. The van der Waals surface area contributed by atoms with Gasteiger partial charge in [-0.2, -0.15) is 0 Å². The van der Waals surface area contributed by atoms with Crippen LogP contribution < -0.4 is 4.74 Å². The van der Waals surface area contributed by atoms with Gasteiger partial charge >= 0.3 is 5.97 Å². The molecule has 0 bridgehead atoms. The van der Waals surface area contributed by atoms with Crippen LogP contribution in [0.2, 0.25) is 5.02 Å². The standard InChI is InChI=1S/C18H17ClO4/c1-11(18(21)22)12(2)23-16-9-5-14(6-10-16)17(20)13-3-7-15(19)8-4-13/h3-12H,1-2H3,(H,21,22). The van der Waals surface area contributed by atoms with Crippen molar-refractivity contribution in [3.8, 4) is 5.75 Å². The molecule has 0 radical (unpaired) electrons. The third-order valence-corrected chi connectivity index (χ3v) is 3.89. The van der Waals surface area contributed by atoms with Gasteiger partial charge < -0.3 is 9.84 Å². The van der Waals surface area contributed by atoms with Crippen molar-refractivity contribution in [3.05, 3.63) is 64.7 Å². The quantitative estimate of drug-likeness (QED) is 0.810. The molecule has 2 unspecified atom stereocenters. The van der Waals surface area contributed by atoms with E-state index in [2.05, 4.69) is 0 Å². The van der Waals surface area contributed by atoms with Crippen molar-refractivity contribution in [2.24, 2.45) is 5.92 Å². The van der Waals surface area contributed by atoms with Crippen LogP contribution in [-0.2, 0) is 4.79 Å². The lowest BCUT2D eigenvalue weighted by atomic mass is 10.0. The van der Waals surface area contributed by atoms with E-state index in [4.69, 9.17) is 21.4 Å². The number of aliphatic carboxylic acids is 1. The van der Waals surface area contributed by atoms with Gasteiger partial charge in [0.2, 0.25) is 0 Å². The van der Waals surface area contributed by atoms with Crippen LogP contribution in [0.4, 0.5) is 0 Å². The summed E-state index contributed by atoms with van der Waals surface area (Å²) in [7, 11) is 0. The van der Waals surface area contributed by atoms with Gasteiger partial charge in [-0.05, 0) is 62.4 Å². The van der Waals surface area contributed by atoms with Crippen LogP contribution in [0.15, 0.2) is 48.5 Å². The predicted octanol–water partition coefficient (Wildman–Crippen LogP) is 4.06. The molecule has 120 valence electrons. The van der Waals surface area contributed by atoms with Crippen LogP contribution >= 0.6 is 11.6 Å². The number of hydrogen-bond donors (Lipinski definition) is 1. The highest BCUT2D eigenvalue weighted by Crippen LogP contribution is 2.19. The fourth-order valence-electron chi connectivity index (χ4n) is 1.97. The van der Waals surface area contributed by atoms with Gasteiger partial charge in [0.15, 0.2) is 5.78 Å². The second-order valence-corrected chi connectivity index (χ2v) is 5.75. The second kappa shape index (κ2) is 7.29. The molecule has 0 saturated carbocycles. The Morgan fingerprint density at radius 1 is 0.957 bits per heavy atom. The van der Waals surface area contributed by atoms with E-state index in [9.17, 15) is 9.59 Å². The van der Waals surface area contributed by atoms with Crippen LogP contribution in [-0.4, -0.2) is 23.0 Å². The lowest BCUT2D eigenvalue weighted by Crippen LogP contribution is -2.27. The van der Waals surface area contributed by atoms with E-state index in [1.165, 1.54) is 0 Å². The number of carboxylic acids is 1. The van der Waals surface area contributed by atoms with Crippen molar-refractivity contribution in [1.82, 2.24) is 0 Å². The van der Waals surface area contributed by atoms with E-state index in [1.807, 2.05) is 0 Å². The summed E-state index contributed by atoms with van der Waals surface area (Å²) in [5.41, 5.74) is 1.08. The lowest BCUT2D eigenvalue weighted by molar-refractivity contribution is -0.143. The number of carboxylic acid groups (broad SMARTS) is 1. The first kappa shape index (κ1) is 17.0. The molecule has 0 aromatic heterocycles. The number of carbonyl (C=O) groups is 2. The fourth-order valence-corrected chi connectivity index (χ4v) is 2.10. The molecule has 2 aromatic carbocycles. The van der Waals surface area contributed by atoms with Gasteiger partial charge in [0.1, 0.15) is 11.9 Å². The van der Waals surface area contributed by atoms with E-state index in [0.29, 0.717) is 21.9 Å². The summed E-state index contributed by atoms with van der Waals surface area (Å²) >= 11 is 5.81. The number of ether oxygens (including phenoxy) is 1. The van der Waals surface area contributed by atoms with Gasteiger partial charge in [-0.15, -0.1) is 0 Å². The zero-order valence-corrected chi connectivity index (χ0v) is 13.6. The predicted molar refractivity (Wildman–Crippen MR) is 88.2 cm³/mol. The van der Waals surface area contributed by atoms with Crippen LogP contribution in [0, 0.1) is 5.92 Å². The third kappa shape index (κ3) is 4.33. The highest BCUT2D eigenvalue weighted by atomic mass is 35.5. The SMILES string of the molecule is CC(Oc1ccc(C(=O)c2ccc(Cl)cc2)cc1)C(C)C(=O)O. The van der Waals surface area contributed by atoms with E-state index >= 15 is 0 Å². The van der Waals surface area contributed by atoms with Gasteiger partial charge in [-0.3, -0.25) is 9.59 Å². The van der Waals surface area contributed by atoms with Crippen molar-refractivity contribution in [2.75, 3.05) is 0 Å². The maximum absolute atomic E-state index is 12.3. The van der Waals surface area contributed by atoms with Crippen molar-refractivity contribution in [2.45, 2.75) is 20.0 Å². The minimum Gasteiger partial charge on any atom is -0.490 e. The Labute approximate surface area is 139 Å². The number of hydrogen-bond acceptors (Lipinski definition) is 3. The monoisotopic (exact) mass is 332 g/mol. The summed E-state index contributed by atoms with van der Waals surface area (Å²) in [4.78, 5) is 23.2. The Morgan fingerprint density at radius 2 is 1.43 bits per heavy atom. The number of halogens is 1. The third-order valence-electron chi connectivity index (χ3n) is 3.64. The van der Waals surface area contributed by atoms with Gasteiger partial charge in [0, 0.05) is 16.1 Å². The minimum absolute atomic E-state index is 0.111. The number of benzene rings is 2. The maximum atomic E-state index is 12.3. The smallest absolute Gasteiger partial charge is 0.309 e. The average molecular weight is 333 g/mol. The maximum Gasteiger partial charge on any atom is 0.309 e. The molecule has 0 aliphatic heterocycles. The van der Waals surface area contributed by atoms with Crippen LogP contribution in [0.3, 0.4) is 0 Å². The van der Waals surface area contributed by atoms with E-state index in [0.717, 1.165) is 0 Å². The van der Waals surface area contributed by atoms with Gasteiger partial charge in [-0.25, -0.2) is 0 Å². The van der Waals surface area contributed by atoms with Crippen LogP contribution in [0.25, 0.3) is 0 Å². The van der Waals surface area contributed by atoms with Crippen molar-refractivity contribution < 1.29 is 19.4 Å². The second-order valence-electron chi connectivity index (χ2n) is 5.31. The highest BCUT2D eigenvalue weighted by Gasteiger charge is 2.21. The molecule has 0 amide bonds. The molecule has 2 atom stereocenters. The number of carbonyl (C=O) groups excluding carboxylic acids is 1. The topological polar surface area (TPSA) is 63.6 Å². The highest BCUT2D eigenvalue weighted by molar-refractivity contribution is 6.30. The van der Waals surface area contributed by atoms with Crippen molar-refractivity contribution in [1.29, 1.82) is 0 Å². The molecule has 0 aliphatic rings. The molecule has 0 aliphatic carbocycles. The largest absolute Gasteiger partial charge is 0.490 e. The molecule has 0 saturated heterocycles. The van der Waals surface area contributed by atoms with Crippen LogP contribution in [0.5, 0.6) is 5.75 Å². The molecule has 0 heterocycles. The Morgan fingerprint density at radius 3 is 1.91 bits per heavy atom. The Hall–Kier alpha value is -2.33. The van der Waals surface area contributed by atoms with Gasteiger partial charge in [0.05, 0.1) is 5.92 Å². The summed E-state index contributed by atoms with van der Waals surface area (Å²) < 4.78 is 5.58. The molecule has 1 N–H and O–H groups in total. The van der Waals surface area contributed by atoms with E-state index in [1.54, 1.807) is 62.4 Å². The van der Waals surface area contributed by atoms with E-state index in [-0.39, 0.29) is 5.78 Å². The van der Waals surface area contributed by atoms with Crippen molar-refractivity contribution >= 4 is 23.4 Å². The molecule has 0 spiro atoms. The first-order valence-electron chi connectivity index (χ1n) is 7.18. The molecular formula is C18H17ClO4. The number of rotatable bonds is 6. The Kier molecular flexibility index (Phi) is 5.40. The normalized spacial score (nSPS) is 13.2. The zero-order chi connectivity index (χ0) is 17.0. The van der Waals surface area contributed by atoms with Gasteiger partial charge in [0.25, 0.3) is 0 Å². The molecule has 23 heavy (non-hydrogen) atoms. The lowest BCUT2D eigenvalue weighted by Gasteiger charge is -2.18. The Balaban J connectivity index is 2.08. The summed E-state index contributed by atoms with van der Waals surface area (Å²) in [6.07, 6.45) is -0.467. The Bertz CT molecular complexity index is 692. The molecule has 2 rings (SSSR count). The van der Waals surface area contributed by atoms with Crippen molar-refractivity contribution in [3.63, 3.8) is 0 Å². The minimum atomic E-state index is -0.910. The summed E-state index contributed by atoms with van der Waals surface area (Å²) in [6, 6.07) is 13.3. The molecule has 0 fully saturated rings. The van der Waals surface area contributed by atoms with Gasteiger partial charge in [-0.1, -0.05) is 11.6 Å². The molecule has 5 heteroatoms. The summed E-state index contributed by atoms with van der Waals surface area (Å²) in [5.74, 6) is -1.11. The first-order chi connectivity index (χ1) is 10.9. The molecular weight excluding hydrogens is 316 g/mol. The fraction of sp³-hybridized carbons (Fsp3) is 0.222. The molecule has 4 nitrogen and oxygen atoms in total. The number of ketones is 1. The first-order valence-corrected chi connectivity index (χ1v) is 7.56. The van der Waals surface area contributed by atoms with Crippen LogP contribution in [0.1, 0.15) is 29.8 Å². The molecule has 2 aromatic rings. The zero-order valence-electron chi connectivity index (χ0n) is 12.8. The van der Waals surface area contributed by atoms with E-state index < -0.39 is 18.0 Å². The summed E-state index contributed by atoms with van der Waals surface area (Å²) in [6.45, 7) is 3.29.